The molecule has 0 spiro atoms. The molecule has 0 bridgehead atoms. The number of phenolic OH excluding ortho intramolecular Hbond substituents is 1. The minimum atomic E-state index is 0.362. The highest BCUT2D eigenvalue weighted by Gasteiger charge is 2.21. The number of benzene rings is 1. The lowest BCUT2D eigenvalue weighted by atomic mass is 9.90. The van der Waals surface area contributed by atoms with Gasteiger partial charge in [0.2, 0.25) is 0 Å². The van der Waals surface area contributed by atoms with Gasteiger partial charge in [-0.1, -0.05) is 12.1 Å². The molecule has 1 aromatic carbocycles. The quantitative estimate of drug-likeness (QED) is 0.888. The zero-order valence-electron chi connectivity index (χ0n) is 10.9. The SMILES string of the molecule is Oc1cccc(C2CCCN(Cc3ncc[nH]3)C2)c1. The number of hydrogen-bond donors (Lipinski definition) is 2. The Bertz CT molecular complexity index is 524. The van der Waals surface area contributed by atoms with Gasteiger partial charge >= 0.3 is 0 Å². The number of aromatic amines is 1. The summed E-state index contributed by atoms with van der Waals surface area (Å²) in [5.74, 6) is 1.90. The molecule has 19 heavy (non-hydrogen) atoms. The topological polar surface area (TPSA) is 52.1 Å². The smallest absolute Gasteiger partial charge is 0.120 e. The molecular formula is C15H19N3O. The van der Waals surface area contributed by atoms with Crippen molar-refractivity contribution >= 4 is 0 Å². The lowest BCUT2D eigenvalue weighted by molar-refractivity contribution is 0.196. The van der Waals surface area contributed by atoms with Gasteiger partial charge in [-0.25, -0.2) is 4.98 Å². The number of aromatic nitrogens is 2. The minimum absolute atomic E-state index is 0.362. The molecule has 1 unspecified atom stereocenters. The minimum Gasteiger partial charge on any atom is -0.508 e. The van der Waals surface area contributed by atoms with E-state index in [0.717, 1.165) is 25.5 Å². The van der Waals surface area contributed by atoms with Crippen LogP contribution in [0.1, 0.15) is 30.1 Å². The lowest BCUT2D eigenvalue weighted by Gasteiger charge is -2.32. The second kappa shape index (κ2) is 5.45. The molecular weight excluding hydrogens is 238 g/mol. The first-order valence-electron chi connectivity index (χ1n) is 6.81. The van der Waals surface area contributed by atoms with E-state index in [-0.39, 0.29) is 0 Å². The van der Waals surface area contributed by atoms with Crippen LogP contribution in [-0.4, -0.2) is 33.1 Å². The van der Waals surface area contributed by atoms with Crippen LogP contribution < -0.4 is 0 Å². The molecule has 2 aromatic rings. The molecule has 3 rings (SSSR count). The summed E-state index contributed by atoms with van der Waals surface area (Å²) < 4.78 is 0. The molecule has 1 aliphatic rings. The molecule has 1 saturated heterocycles. The Hall–Kier alpha value is -1.81. The van der Waals surface area contributed by atoms with Gasteiger partial charge in [0.1, 0.15) is 11.6 Å². The molecule has 2 heterocycles. The van der Waals surface area contributed by atoms with Gasteiger partial charge in [-0.2, -0.15) is 0 Å². The molecule has 4 heteroatoms. The van der Waals surface area contributed by atoms with E-state index >= 15 is 0 Å². The van der Waals surface area contributed by atoms with Crippen molar-refractivity contribution in [1.82, 2.24) is 14.9 Å². The highest BCUT2D eigenvalue weighted by atomic mass is 16.3. The summed E-state index contributed by atoms with van der Waals surface area (Å²) in [5.41, 5.74) is 1.24. The molecule has 1 aliphatic heterocycles. The predicted molar refractivity (Wildman–Crippen MR) is 73.9 cm³/mol. The average Bonchev–Trinajstić information content (AvgIpc) is 2.92. The molecule has 4 nitrogen and oxygen atoms in total. The zero-order chi connectivity index (χ0) is 13.1. The van der Waals surface area contributed by atoms with E-state index in [1.54, 1.807) is 12.3 Å². The van der Waals surface area contributed by atoms with Crippen LogP contribution in [0.15, 0.2) is 36.7 Å². The molecule has 1 atom stereocenters. The Balaban J connectivity index is 1.67. The van der Waals surface area contributed by atoms with E-state index in [9.17, 15) is 5.11 Å². The maximum atomic E-state index is 9.59. The van der Waals surface area contributed by atoms with Gasteiger partial charge in [0, 0.05) is 18.9 Å². The van der Waals surface area contributed by atoms with E-state index in [2.05, 4.69) is 20.9 Å². The van der Waals surface area contributed by atoms with E-state index in [1.165, 1.54) is 18.4 Å². The summed E-state index contributed by atoms with van der Waals surface area (Å²) in [7, 11) is 0. The molecule has 2 N–H and O–H groups in total. The van der Waals surface area contributed by atoms with Crippen LogP contribution in [0.4, 0.5) is 0 Å². The number of aromatic hydroxyl groups is 1. The summed E-state index contributed by atoms with van der Waals surface area (Å²) in [6.07, 6.45) is 6.05. The van der Waals surface area contributed by atoms with Crippen LogP contribution in [0.25, 0.3) is 0 Å². The number of nitrogens with zero attached hydrogens (tertiary/aromatic N) is 2. The molecule has 1 fully saturated rings. The number of imidazole rings is 1. The maximum Gasteiger partial charge on any atom is 0.120 e. The van der Waals surface area contributed by atoms with Crippen LogP contribution in [-0.2, 0) is 6.54 Å². The van der Waals surface area contributed by atoms with Gasteiger partial charge < -0.3 is 10.1 Å². The summed E-state index contributed by atoms with van der Waals surface area (Å²) in [4.78, 5) is 9.87. The standard InChI is InChI=1S/C15H19N3O/c19-14-5-1-3-12(9-14)13-4-2-8-18(10-13)11-15-16-6-7-17-15/h1,3,5-7,9,13,19H,2,4,8,10-11H2,(H,16,17). The van der Waals surface area contributed by atoms with E-state index < -0.39 is 0 Å². The van der Waals surface area contributed by atoms with Crippen molar-refractivity contribution in [2.24, 2.45) is 0 Å². The third-order valence-electron chi connectivity index (χ3n) is 3.78. The Morgan fingerprint density at radius 3 is 3.16 bits per heavy atom. The third-order valence-corrected chi connectivity index (χ3v) is 3.78. The van der Waals surface area contributed by atoms with Crippen LogP contribution in [0.3, 0.4) is 0 Å². The maximum absolute atomic E-state index is 9.59. The van der Waals surface area contributed by atoms with Crippen LogP contribution in [0, 0.1) is 0 Å². The van der Waals surface area contributed by atoms with Gasteiger partial charge in [0.15, 0.2) is 0 Å². The monoisotopic (exact) mass is 257 g/mol. The van der Waals surface area contributed by atoms with Crippen molar-refractivity contribution in [2.75, 3.05) is 13.1 Å². The van der Waals surface area contributed by atoms with E-state index in [1.807, 2.05) is 18.3 Å². The lowest BCUT2D eigenvalue weighted by Crippen LogP contribution is -2.34. The molecule has 100 valence electrons. The van der Waals surface area contributed by atoms with Crippen molar-refractivity contribution in [3.8, 4) is 5.75 Å². The number of hydrogen-bond acceptors (Lipinski definition) is 3. The highest BCUT2D eigenvalue weighted by molar-refractivity contribution is 5.30. The Morgan fingerprint density at radius 1 is 1.42 bits per heavy atom. The summed E-state index contributed by atoms with van der Waals surface area (Å²) in [6, 6.07) is 7.66. The molecule has 0 saturated carbocycles. The molecule has 0 amide bonds. The number of nitrogens with one attached hydrogen (secondary N) is 1. The zero-order valence-corrected chi connectivity index (χ0v) is 10.9. The van der Waals surface area contributed by atoms with Gasteiger partial charge in [-0.15, -0.1) is 0 Å². The highest BCUT2D eigenvalue weighted by Crippen LogP contribution is 2.29. The number of phenols is 1. The van der Waals surface area contributed by atoms with Crippen molar-refractivity contribution in [1.29, 1.82) is 0 Å². The van der Waals surface area contributed by atoms with Gasteiger partial charge in [0.05, 0.1) is 6.54 Å². The van der Waals surface area contributed by atoms with Crippen molar-refractivity contribution in [3.63, 3.8) is 0 Å². The summed E-state index contributed by atoms with van der Waals surface area (Å²) >= 11 is 0. The summed E-state index contributed by atoms with van der Waals surface area (Å²) in [5, 5.41) is 9.59. The number of likely N-dealkylation sites (tertiary alicyclic amines) is 1. The van der Waals surface area contributed by atoms with Crippen LogP contribution in [0.5, 0.6) is 5.75 Å². The van der Waals surface area contributed by atoms with Crippen LogP contribution in [0.2, 0.25) is 0 Å². The largest absolute Gasteiger partial charge is 0.508 e. The van der Waals surface area contributed by atoms with E-state index in [0.29, 0.717) is 11.7 Å². The number of rotatable bonds is 3. The molecule has 0 aliphatic carbocycles. The second-order valence-corrected chi connectivity index (χ2v) is 5.21. The van der Waals surface area contributed by atoms with Gasteiger partial charge in [-0.05, 0) is 43.0 Å². The fraction of sp³-hybridized carbons (Fsp3) is 0.400. The third kappa shape index (κ3) is 2.96. The van der Waals surface area contributed by atoms with Gasteiger partial charge in [-0.3, -0.25) is 4.90 Å². The second-order valence-electron chi connectivity index (χ2n) is 5.21. The van der Waals surface area contributed by atoms with Crippen molar-refractivity contribution in [3.05, 3.63) is 48.0 Å². The predicted octanol–water partition coefficient (Wildman–Crippen LogP) is 2.49. The number of H-pyrrole nitrogens is 1. The van der Waals surface area contributed by atoms with Crippen molar-refractivity contribution in [2.45, 2.75) is 25.3 Å². The van der Waals surface area contributed by atoms with Gasteiger partial charge in [0.25, 0.3) is 0 Å². The number of piperidine rings is 1. The summed E-state index contributed by atoms with van der Waals surface area (Å²) in [6.45, 7) is 3.03. The van der Waals surface area contributed by atoms with Crippen LogP contribution >= 0.6 is 0 Å². The first-order valence-corrected chi connectivity index (χ1v) is 6.81. The molecule has 1 aromatic heterocycles. The van der Waals surface area contributed by atoms with Crippen molar-refractivity contribution < 1.29 is 5.11 Å². The fourth-order valence-corrected chi connectivity index (χ4v) is 2.85. The first-order chi connectivity index (χ1) is 9.31. The first kappa shape index (κ1) is 12.2. The average molecular weight is 257 g/mol. The normalized spacial score (nSPS) is 20.5. The Morgan fingerprint density at radius 2 is 2.37 bits per heavy atom. The fourth-order valence-electron chi connectivity index (χ4n) is 2.85. The molecule has 0 radical (unpaired) electrons. The van der Waals surface area contributed by atoms with E-state index in [4.69, 9.17) is 0 Å². The Kier molecular flexibility index (Phi) is 3.51. The Labute approximate surface area is 113 Å².